The largest absolute Gasteiger partial charge is 0.481 e. The maximum absolute atomic E-state index is 14.7. The van der Waals surface area contributed by atoms with Gasteiger partial charge in [-0.05, 0) is 61.2 Å². The summed E-state index contributed by atoms with van der Waals surface area (Å²) in [7, 11) is 6.30. The molecule has 2 aliphatic rings. The summed E-state index contributed by atoms with van der Waals surface area (Å²) >= 11 is 1.55. The van der Waals surface area contributed by atoms with Crippen LogP contribution in [0.1, 0.15) is 151 Å². The molecule has 0 saturated carbocycles. The van der Waals surface area contributed by atoms with Gasteiger partial charge in [0.25, 0.3) is 0 Å². The zero-order valence-corrected chi connectivity index (χ0v) is 46.2. The number of carbonyl (C=O) groups excluding carboxylic acids is 7. The van der Waals surface area contributed by atoms with Crippen molar-refractivity contribution < 1.29 is 58.0 Å². The average Bonchev–Trinajstić information content (AvgIpc) is 3.94. The smallest absolute Gasteiger partial charge is 0.309 e. The number of carbonyl (C=O) groups is 8. The third-order valence-electron chi connectivity index (χ3n) is 15.2. The molecule has 5 amide bonds. The monoisotopic (exact) mass is 1030 g/mol. The van der Waals surface area contributed by atoms with E-state index in [1.54, 1.807) is 72.9 Å². The Balaban J connectivity index is 1.69. The number of aliphatic hydroxyl groups is 1. The van der Waals surface area contributed by atoms with Crippen LogP contribution in [-0.4, -0.2) is 160 Å². The minimum absolute atomic E-state index is 0.0798. The fraction of sp³-hybridized carbons (Fsp3) is 0.745. The topological polar surface area (TPSA) is 208 Å². The molecule has 17 heteroatoms. The van der Waals surface area contributed by atoms with Gasteiger partial charge in [0.1, 0.15) is 5.78 Å². The van der Waals surface area contributed by atoms with Crippen molar-refractivity contribution in [2.24, 2.45) is 35.5 Å². The van der Waals surface area contributed by atoms with E-state index >= 15 is 0 Å². The first kappa shape index (κ1) is 62.1. The molecule has 2 fully saturated rings. The van der Waals surface area contributed by atoms with Gasteiger partial charge in [-0.3, -0.25) is 43.3 Å². The molecule has 0 spiro atoms. The van der Waals surface area contributed by atoms with Crippen molar-refractivity contribution in [1.82, 2.24) is 19.6 Å². The number of carboxylic acid groups (broad SMARTS) is 1. The SMILES string of the molecule is CCCCSC1CC(=O)N(CCCCCC(=O)N(C)[C@H](C(=O)C[C@H](C(=O)N(C)[C@@H]([C@@H](C)CC)[C@@H](CC(=O)N2CCC[C@H]2[C@H](OC)[C@@H](C)C(=O)C[C@H](C(=O)O)[C@@H](O)c2ccccc2)OC)C(C)C)C(C)C)C1=O. The number of aliphatic hydroxyl groups excluding tert-OH is 1. The number of carboxylic acids is 1. The number of Topliss-reactive ketones (excluding diaryl/α,β-unsaturated/α-hetero) is 2. The molecule has 406 valence electrons. The lowest BCUT2D eigenvalue weighted by atomic mass is 9.83. The van der Waals surface area contributed by atoms with Crippen LogP contribution in [0.25, 0.3) is 0 Å². The molecule has 1 aromatic rings. The minimum atomic E-state index is -1.40. The summed E-state index contributed by atoms with van der Waals surface area (Å²) in [5.74, 6) is -5.56. The molecule has 2 N–H and O–H groups in total. The first-order valence-corrected chi connectivity index (χ1v) is 27.5. The van der Waals surface area contributed by atoms with Gasteiger partial charge in [-0.1, -0.05) is 105 Å². The van der Waals surface area contributed by atoms with Gasteiger partial charge in [0.05, 0.1) is 54.0 Å². The van der Waals surface area contributed by atoms with Crippen LogP contribution < -0.4 is 0 Å². The van der Waals surface area contributed by atoms with Gasteiger partial charge in [0, 0.05) is 78.9 Å². The van der Waals surface area contributed by atoms with Crippen LogP contribution in [0.2, 0.25) is 0 Å². The summed E-state index contributed by atoms with van der Waals surface area (Å²) in [4.78, 5) is 115. The number of ether oxygens (including phenoxy) is 2. The molecular formula is C55H88N4O12S. The van der Waals surface area contributed by atoms with E-state index in [4.69, 9.17) is 9.47 Å². The zero-order chi connectivity index (χ0) is 54.0. The number of aliphatic carboxylic acids is 1. The normalized spacial score (nSPS) is 19.9. The van der Waals surface area contributed by atoms with Crippen molar-refractivity contribution in [2.45, 2.75) is 181 Å². The Morgan fingerprint density at radius 3 is 2.04 bits per heavy atom. The van der Waals surface area contributed by atoms with Gasteiger partial charge < -0.3 is 34.4 Å². The molecule has 72 heavy (non-hydrogen) atoms. The van der Waals surface area contributed by atoms with Gasteiger partial charge in [-0.25, -0.2) is 0 Å². The Kier molecular flexibility index (Phi) is 26.1. The number of imide groups is 1. The minimum Gasteiger partial charge on any atom is -0.481 e. The molecule has 0 radical (unpaired) electrons. The number of amides is 5. The average molecular weight is 1030 g/mol. The Bertz CT molecular complexity index is 1950. The molecule has 3 rings (SSSR count). The Labute approximate surface area is 434 Å². The van der Waals surface area contributed by atoms with Crippen molar-refractivity contribution >= 4 is 58.8 Å². The van der Waals surface area contributed by atoms with Crippen molar-refractivity contribution in [3.05, 3.63) is 35.9 Å². The number of ketones is 2. The van der Waals surface area contributed by atoms with Crippen LogP contribution in [0.3, 0.4) is 0 Å². The molecule has 16 nitrogen and oxygen atoms in total. The standard InChI is InChI=1S/C55H88N4O12S/c1-13-15-29-72-45-33-48(64)59(54(45)67)27-21-17-20-26-46(62)56(9)49(35(5)6)43(61)30-39(34(3)4)53(66)57(10)50(36(7)14-2)44(70-11)32-47(63)58-28-22-25-41(58)52(71-12)37(8)42(60)31-40(55(68)69)51(65)38-23-18-16-19-24-38/h16,18-19,23-24,34-37,39-41,44-45,49-52,65H,13-15,17,20-22,25-33H2,1-12H3,(H,68,69)/t36-,37-,39-,40-,41-,44+,45?,49-,50-,51-,52+/m0/s1. The number of rotatable bonds is 33. The molecule has 2 aliphatic heterocycles. The second kappa shape index (κ2) is 30.2. The van der Waals surface area contributed by atoms with Crippen molar-refractivity contribution in [3.8, 4) is 0 Å². The van der Waals surface area contributed by atoms with E-state index in [2.05, 4.69) is 6.92 Å². The Morgan fingerprint density at radius 1 is 0.819 bits per heavy atom. The number of likely N-dealkylation sites (N-methyl/N-ethyl adjacent to an activating group) is 2. The molecule has 1 unspecified atom stereocenters. The third-order valence-corrected chi connectivity index (χ3v) is 16.5. The molecule has 0 aliphatic carbocycles. The predicted octanol–water partition coefficient (Wildman–Crippen LogP) is 7.24. The summed E-state index contributed by atoms with van der Waals surface area (Å²) in [6.45, 7) is 16.0. The van der Waals surface area contributed by atoms with E-state index in [-0.39, 0.29) is 84.0 Å². The van der Waals surface area contributed by atoms with Crippen LogP contribution >= 0.6 is 11.8 Å². The molecule has 2 heterocycles. The van der Waals surface area contributed by atoms with Crippen molar-refractivity contribution in [1.29, 1.82) is 0 Å². The first-order valence-electron chi connectivity index (χ1n) is 26.4. The van der Waals surface area contributed by atoms with Gasteiger partial charge in [-0.2, -0.15) is 0 Å². The maximum Gasteiger partial charge on any atom is 0.309 e. The summed E-state index contributed by atoms with van der Waals surface area (Å²) < 4.78 is 12.0. The fourth-order valence-electron chi connectivity index (χ4n) is 10.6. The van der Waals surface area contributed by atoms with Crippen LogP contribution in [0, 0.1) is 35.5 Å². The van der Waals surface area contributed by atoms with Crippen molar-refractivity contribution in [3.63, 3.8) is 0 Å². The summed E-state index contributed by atoms with van der Waals surface area (Å²) in [6, 6.07) is 6.52. The number of hydrogen-bond donors (Lipinski definition) is 2. The van der Waals surface area contributed by atoms with E-state index in [9.17, 15) is 48.6 Å². The molecule has 0 aromatic heterocycles. The highest BCUT2D eigenvalue weighted by molar-refractivity contribution is 8.00. The number of thioether (sulfide) groups is 1. The number of unbranched alkanes of at least 4 members (excludes halogenated alkanes) is 3. The molecule has 11 atom stereocenters. The fourth-order valence-corrected chi connectivity index (χ4v) is 11.9. The van der Waals surface area contributed by atoms with E-state index in [0.717, 1.165) is 18.6 Å². The number of hydrogen-bond acceptors (Lipinski definition) is 12. The van der Waals surface area contributed by atoms with E-state index in [1.807, 2.05) is 41.5 Å². The predicted molar refractivity (Wildman–Crippen MR) is 279 cm³/mol. The quantitative estimate of drug-likeness (QED) is 0.0527. The number of benzene rings is 1. The molecular weight excluding hydrogens is 941 g/mol. The number of methoxy groups -OCH3 is 2. The van der Waals surface area contributed by atoms with Gasteiger partial charge in [0.2, 0.25) is 29.5 Å². The van der Waals surface area contributed by atoms with Gasteiger partial charge in [-0.15, -0.1) is 11.8 Å². The van der Waals surface area contributed by atoms with Crippen LogP contribution in [0.5, 0.6) is 0 Å². The molecule has 0 bridgehead atoms. The summed E-state index contributed by atoms with van der Waals surface area (Å²) in [5.41, 5.74) is 0.390. The van der Waals surface area contributed by atoms with E-state index in [1.165, 1.54) is 24.0 Å². The maximum atomic E-state index is 14.7. The zero-order valence-electron chi connectivity index (χ0n) is 45.4. The van der Waals surface area contributed by atoms with Crippen LogP contribution in [0.4, 0.5) is 0 Å². The molecule has 2 saturated heterocycles. The van der Waals surface area contributed by atoms with Gasteiger partial charge >= 0.3 is 5.97 Å². The second-order valence-electron chi connectivity index (χ2n) is 20.9. The highest BCUT2D eigenvalue weighted by Crippen LogP contribution is 2.34. The number of likely N-dealkylation sites (tertiary alicyclic amines) is 2. The third kappa shape index (κ3) is 16.7. The highest BCUT2D eigenvalue weighted by Gasteiger charge is 2.45. The van der Waals surface area contributed by atoms with Crippen LogP contribution in [-0.2, 0) is 47.8 Å². The second-order valence-corrected chi connectivity index (χ2v) is 22.2. The highest BCUT2D eigenvalue weighted by atomic mass is 32.2. The lowest BCUT2D eigenvalue weighted by Crippen LogP contribution is -2.54. The van der Waals surface area contributed by atoms with E-state index < -0.39 is 72.4 Å². The lowest BCUT2D eigenvalue weighted by Gasteiger charge is -2.41. The Hall–Kier alpha value is -4.19. The molecule has 1 aromatic carbocycles. The summed E-state index contributed by atoms with van der Waals surface area (Å²) in [5, 5.41) is 20.7. The van der Waals surface area contributed by atoms with Crippen LogP contribution in [0.15, 0.2) is 30.3 Å². The lowest BCUT2D eigenvalue weighted by molar-refractivity contribution is -0.151. The van der Waals surface area contributed by atoms with Crippen molar-refractivity contribution in [2.75, 3.05) is 47.2 Å². The van der Waals surface area contributed by atoms with Gasteiger partial charge in [0.15, 0.2) is 5.78 Å². The number of nitrogens with zero attached hydrogens (tertiary/aromatic N) is 4. The van der Waals surface area contributed by atoms with E-state index in [0.29, 0.717) is 57.2 Å². The Morgan fingerprint density at radius 2 is 1.47 bits per heavy atom. The summed E-state index contributed by atoms with van der Waals surface area (Å²) in [6.07, 6.45) is 2.59. The first-order chi connectivity index (χ1) is 34.1.